The van der Waals surface area contributed by atoms with E-state index in [1.807, 2.05) is 19.0 Å². The van der Waals surface area contributed by atoms with Gasteiger partial charge in [0.25, 0.3) is 5.91 Å². The van der Waals surface area contributed by atoms with Crippen molar-refractivity contribution < 1.29 is 23.5 Å². The number of aryl methyl sites for hydroxylation is 1. The lowest BCUT2D eigenvalue weighted by Crippen LogP contribution is -2.43. The first-order valence-corrected chi connectivity index (χ1v) is 7.86. The summed E-state index contributed by atoms with van der Waals surface area (Å²) in [5, 5.41) is 9.33. The summed E-state index contributed by atoms with van der Waals surface area (Å²) in [5.41, 5.74) is 0.188. The molecule has 0 unspecified atom stereocenters. The van der Waals surface area contributed by atoms with Gasteiger partial charge in [-0.3, -0.25) is 14.2 Å². The van der Waals surface area contributed by atoms with Crippen molar-refractivity contribution in [3.8, 4) is 0 Å². The maximum atomic E-state index is 13.2. The first kappa shape index (κ1) is 18.4. The van der Waals surface area contributed by atoms with Crippen molar-refractivity contribution in [2.24, 2.45) is 5.92 Å². The number of rotatable bonds is 4. The number of halogens is 2. The molecule has 0 spiro atoms. The lowest BCUT2D eigenvalue weighted by atomic mass is 10.0. The number of aromatic nitrogens is 1. The van der Waals surface area contributed by atoms with Gasteiger partial charge in [0.1, 0.15) is 5.69 Å². The molecular weight excluding hydrogens is 320 g/mol. The molecule has 8 heteroatoms. The van der Waals surface area contributed by atoms with Gasteiger partial charge in [-0.1, -0.05) is 0 Å². The normalized spacial score (nSPS) is 22.0. The van der Waals surface area contributed by atoms with E-state index in [-0.39, 0.29) is 18.3 Å². The van der Waals surface area contributed by atoms with Crippen molar-refractivity contribution in [1.29, 1.82) is 0 Å². The highest BCUT2D eigenvalue weighted by atomic mass is 19.3. The maximum absolute atomic E-state index is 13.2. The lowest BCUT2D eigenvalue weighted by Gasteiger charge is -2.29. The standard InChI is InChI=1S/C16H23F2N3O3/c1-10-4-7-13(21(10)16(17)18)14(22)20-8-11(15(23)24)5-6-12(9-20)19(2)3/h4,7,11-12,16H,5-6,8-9H2,1-3H3,(H,23,24)/t11-,12+/m0/s1. The van der Waals surface area contributed by atoms with Crippen molar-refractivity contribution in [1.82, 2.24) is 14.4 Å². The molecule has 0 bridgehead atoms. The Kier molecular flexibility index (Phi) is 5.58. The summed E-state index contributed by atoms with van der Waals surface area (Å²) in [6.07, 6.45) is 1.10. The molecular formula is C16H23F2N3O3. The van der Waals surface area contributed by atoms with Gasteiger partial charge in [-0.25, -0.2) is 0 Å². The second kappa shape index (κ2) is 7.29. The van der Waals surface area contributed by atoms with Crippen LogP contribution in [-0.2, 0) is 4.79 Å². The zero-order valence-electron chi connectivity index (χ0n) is 14.1. The molecule has 1 aromatic rings. The molecule has 0 aromatic carbocycles. The Morgan fingerprint density at radius 2 is 1.92 bits per heavy atom. The third-order valence-electron chi connectivity index (χ3n) is 4.62. The van der Waals surface area contributed by atoms with Crippen molar-refractivity contribution in [3.05, 3.63) is 23.5 Å². The number of nitrogens with zero attached hydrogens (tertiary/aromatic N) is 3. The SMILES string of the molecule is Cc1ccc(C(=O)N2C[C@@H](C(=O)O)CC[C@@H](N(C)C)C2)n1C(F)F. The highest BCUT2D eigenvalue weighted by Crippen LogP contribution is 2.24. The zero-order valence-corrected chi connectivity index (χ0v) is 14.1. The van der Waals surface area contributed by atoms with Crippen molar-refractivity contribution >= 4 is 11.9 Å². The summed E-state index contributed by atoms with van der Waals surface area (Å²) in [7, 11) is 3.72. The van der Waals surface area contributed by atoms with Gasteiger partial charge in [0, 0.05) is 24.8 Å². The van der Waals surface area contributed by atoms with Crippen LogP contribution in [0.15, 0.2) is 12.1 Å². The lowest BCUT2D eigenvalue weighted by molar-refractivity contribution is -0.142. The first-order chi connectivity index (χ1) is 11.2. The number of carbonyl (C=O) groups excluding carboxylic acids is 1. The minimum atomic E-state index is -2.81. The summed E-state index contributed by atoms with van der Waals surface area (Å²) >= 11 is 0. The molecule has 1 amide bonds. The molecule has 134 valence electrons. The molecule has 0 aliphatic carbocycles. The fourth-order valence-corrected chi connectivity index (χ4v) is 3.11. The van der Waals surface area contributed by atoms with Gasteiger partial charge in [0.2, 0.25) is 0 Å². The Labute approximate surface area is 139 Å². The fraction of sp³-hybridized carbons (Fsp3) is 0.625. The number of carboxylic acids is 1. The summed E-state index contributed by atoms with van der Waals surface area (Å²) in [6, 6.07) is 2.83. The van der Waals surface area contributed by atoms with E-state index >= 15 is 0 Å². The van der Waals surface area contributed by atoms with E-state index in [0.29, 0.717) is 29.6 Å². The van der Waals surface area contributed by atoms with Gasteiger partial charge in [-0.2, -0.15) is 8.78 Å². The van der Waals surface area contributed by atoms with E-state index in [2.05, 4.69) is 0 Å². The van der Waals surface area contributed by atoms with Crippen LogP contribution in [0.25, 0.3) is 0 Å². The van der Waals surface area contributed by atoms with Crippen LogP contribution in [0.1, 0.15) is 35.6 Å². The van der Waals surface area contributed by atoms with E-state index in [1.165, 1.54) is 24.0 Å². The molecule has 0 saturated carbocycles. The Balaban J connectivity index is 2.32. The molecule has 1 aliphatic rings. The molecule has 24 heavy (non-hydrogen) atoms. The van der Waals surface area contributed by atoms with Crippen LogP contribution < -0.4 is 0 Å². The highest BCUT2D eigenvalue weighted by molar-refractivity contribution is 5.93. The molecule has 1 aliphatic heterocycles. The number of aliphatic carboxylic acids is 1. The second-order valence-corrected chi connectivity index (χ2v) is 6.45. The summed E-state index contributed by atoms with van der Waals surface area (Å²) in [4.78, 5) is 27.5. The van der Waals surface area contributed by atoms with Crippen LogP contribution in [-0.4, -0.2) is 64.6 Å². The van der Waals surface area contributed by atoms with Crippen molar-refractivity contribution in [2.45, 2.75) is 32.4 Å². The molecule has 1 fully saturated rings. The molecule has 1 aromatic heterocycles. The molecule has 0 radical (unpaired) electrons. The predicted molar refractivity (Wildman–Crippen MR) is 84.2 cm³/mol. The summed E-state index contributed by atoms with van der Waals surface area (Å²) in [5.74, 6) is -2.20. The van der Waals surface area contributed by atoms with E-state index in [4.69, 9.17) is 0 Å². The summed E-state index contributed by atoms with van der Waals surface area (Å²) in [6.45, 7) is -0.950. The Morgan fingerprint density at radius 1 is 1.25 bits per heavy atom. The Bertz CT molecular complexity index is 616. The number of hydrogen-bond acceptors (Lipinski definition) is 3. The van der Waals surface area contributed by atoms with Crippen LogP contribution in [0, 0.1) is 12.8 Å². The minimum absolute atomic E-state index is 0.00522. The molecule has 2 atom stereocenters. The fourth-order valence-electron chi connectivity index (χ4n) is 3.11. The molecule has 1 saturated heterocycles. The zero-order chi connectivity index (χ0) is 18.0. The van der Waals surface area contributed by atoms with Crippen LogP contribution in [0.3, 0.4) is 0 Å². The Hall–Kier alpha value is -1.96. The van der Waals surface area contributed by atoms with Crippen LogP contribution in [0.2, 0.25) is 0 Å². The van der Waals surface area contributed by atoms with Crippen molar-refractivity contribution in [2.75, 3.05) is 27.2 Å². The van der Waals surface area contributed by atoms with Crippen LogP contribution in [0.5, 0.6) is 0 Å². The quantitative estimate of drug-likeness (QED) is 0.909. The monoisotopic (exact) mass is 343 g/mol. The van der Waals surface area contributed by atoms with E-state index in [9.17, 15) is 23.5 Å². The van der Waals surface area contributed by atoms with Crippen LogP contribution >= 0.6 is 0 Å². The minimum Gasteiger partial charge on any atom is -0.481 e. The van der Waals surface area contributed by atoms with E-state index in [1.54, 1.807) is 0 Å². The van der Waals surface area contributed by atoms with Gasteiger partial charge >= 0.3 is 12.5 Å². The number of likely N-dealkylation sites (tertiary alicyclic amines) is 1. The second-order valence-electron chi connectivity index (χ2n) is 6.45. The van der Waals surface area contributed by atoms with E-state index < -0.39 is 24.3 Å². The predicted octanol–water partition coefficient (Wildman–Crippen LogP) is 2.06. The third kappa shape index (κ3) is 3.75. The number of likely N-dealkylation sites (N-methyl/N-ethyl adjacent to an activating group) is 1. The first-order valence-electron chi connectivity index (χ1n) is 7.86. The molecule has 2 rings (SSSR count). The Morgan fingerprint density at radius 3 is 2.46 bits per heavy atom. The largest absolute Gasteiger partial charge is 0.481 e. The number of carboxylic acid groups (broad SMARTS) is 1. The van der Waals surface area contributed by atoms with Gasteiger partial charge in [0.05, 0.1) is 5.92 Å². The third-order valence-corrected chi connectivity index (χ3v) is 4.62. The summed E-state index contributed by atoms with van der Waals surface area (Å²) < 4.78 is 27.1. The van der Waals surface area contributed by atoms with Gasteiger partial charge < -0.3 is 14.9 Å². The number of amides is 1. The molecule has 6 nitrogen and oxygen atoms in total. The average Bonchev–Trinajstić information content (AvgIpc) is 2.74. The van der Waals surface area contributed by atoms with Crippen molar-refractivity contribution in [3.63, 3.8) is 0 Å². The molecule has 1 N–H and O–H groups in total. The average molecular weight is 343 g/mol. The number of hydrogen-bond donors (Lipinski definition) is 1. The van der Waals surface area contributed by atoms with Gasteiger partial charge in [0.15, 0.2) is 0 Å². The van der Waals surface area contributed by atoms with Gasteiger partial charge in [-0.05, 0) is 46.0 Å². The topological polar surface area (TPSA) is 65.8 Å². The highest BCUT2D eigenvalue weighted by Gasteiger charge is 2.33. The number of alkyl halides is 2. The molecule has 2 heterocycles. The van der Waals surface area contributed by atoms with Gasteiger partial charge in [-0.15, -0.1) is 0 Å². The van der Waals surface area contributed by atoms with Crippen LogP contribution in [0.4, 0.5) is 8.78 Å². The maximum Gasteiger partial charge on any atom is 0.319 e. The smallest absolute Gasteiger partial charge is 0.319 e. The van der Waals surface area contributed by atoms with E-state index in [0.717, 1.165) is 0 Å². The number of carbonyl (C=O) groups is 2.